The Bertz CT molecular complexity index is 456. The molecular weight excluding hydrogens is 244 g/mol. The zero-order valence-electron chi connectivity index (χ0n) is 11.1. The van der Waals surface area contributed by atoms with Crippen LogP contribution in [0.4, 0.5) is 0 Å². The van der Waals surface area contributed by atoms with Crippen molar-refractivity contribution in [1.82, 2.24) is 10.2 Å². The van der Waals surface area contributed by atoms with Gasteiger partial charge in [0.2, 0.25) is 0 Å². The van der Waals surface area contributed by atoms with Gasteiger partial charge in [-0.25, -0.2) is 0 Å². The highest BCUT2D eigenvalue weighted by molar-refractivity contribution is 5.96. The minimum atomic E-state index is -0.232. The van der Waals surface area contributed by atoms with Crippen molar-refractivity contribution in [3.8, 4) is 11.5 Å². The second-order valence-electron chi connectivity index (χ2n) is 5.03. The third-order valence-electron chi connectivity index (χ3n) is 3.47. The Labute approximate surface area is 112 Å². The summed E-state index contributed by atoms with van der Waals surface area (Å²) in [5.74, 6) is -0.469. The first-order valence-corrected chi connectivity index (χ1v) is 6.59. The molecule has 1 aromatic carbocycles. The zero-order chi connectivity index (χ0) is 13.8. The number of phenolic OH excluding ortho intramolecular Hbond substituents is 2. The molecule has 1 unspecified atom stereocenters. The van der Waals surface area contributed by atoms with Crippen molar-refractivity contribution < 1.29 is 15.0 Å². The van der Waals surface area contributed by atoms with Crippen molar-refractivity contribution >= 4 is 5.91 Å². The highest BCUT2D eigenvalue weighted by Crippen LogP contribution is 2.23. The van der Waals surface area contributed by atoms with E-state index in [1.807, 2.05) is 0 Å². The first-order chi connectivity index (χ1) is 9.08. The van der Waals surface area contributed by atoms with Gasteiger partial charge in [0.1, 0.15) is 11.5 Å². The number of hydrogen-bond donors (Lipinski definition) is 3. The number of amides is 1. The van der Waals surface area contributed by atoms with Crippen LogP contribution in [0.1, 0.15) is 29.6 Å². The minimum absolute atomic E-state index is 0.0503. The lowest BCUT2D eigenvalue weighted by atomic mass is 10.0. The van der Waals surface area contributed by atoms with Gasteiger partial charge in [0.05, 0.1) is 5.56 Å². The van der Waals surface area contributed by atoms with E-state index in [9.17, 15) is 15.0 Å². The Morgan fingerprint density at radius 3 is 2.84 bits per heavy atom. The number of hydrogen-bond acceptors (Lipinski definition) is 4. The predicted octanol–water partition coefficient (Wildman–Crippen LogP) is 1.31. The molecule has 5 heteroatoms. The maximum atomic E-state index is 12.2. The average molecular weight is 264 g/mol. The van der Waals surface area contributed by atoms with Gasteiger partial charge in [0, 0.05) is 25.7 Å². The van der Waals surface area contributed by atoms with Crippen LogP contribution in [0.5, 0.6) is 11.5 Å². The number of nitrogens with one attached hydrogen (secondary N) is 1. The molecule has 3 N–H and O–H groups in total. The first kappa shape index (κ1) is 13.7. The lowest BCUT2D eigenvalue weighted by Crippen LogP contribution is -2.44. The van der Waals surface area contributed by atoms with E-state index in [-0.39, 0.29) is 23.0 Å². The van der Waals surface area contributed by atoms with Gasteiger partial charge in [0.25, 0.3) is 5.91 Å². The monoisotopic (exact) mass is 264 g/mol. The summed E-state index contributed by atoms with van der Waals surface area (Å²) in [6.07, 6.45) is 3.44. The fourth-order valence-electron chi connectivity index (χ4n) is 2.40. The standard InChI is InChI=1S/C14H20N2O3/c1-16(9-10-4-2-3-7-15-10)14(19)12-6-5-11(17)8-13(12)18/h5-6,8,10,15,17-18H,2-4,7,9H2,1H3. The number of rotatable bonds is 3. The van der Waals surface area contributed by atoms with Crippen LogP contribution in [-0.4, -0.2) is 47.2 Å². The van der Waals surface area contributed by atoms with Crippen molar-refractivity contribution in [2.45, 2.75) is 25.3 Å². The normalized spacial score (nSPS) is 19.1. The Morgan fingerprint density at radius 1 is 1.42 bits per heavy atom. The van der Waals surface area contributed by atoms with Gasteiger partial charge in [-0.15, -0.1) is 0 Å². The fraction of sp³-hybridized carbons (Fsp3) is 0.500. The molecule has 5 nitrogen and oxygen atoms in total. The number of carbonyl (C=O) groups is 1. The molecule has 0 aromatic heterocycles. The van der Waals surface area contributed by atoms with E-state index in [4.69, 9.17) is 0 Å². The molecule has 1 saturated heterocycles. The third kappa shape index (κ3) is 3.38. The summed E-state index contributed by atoms with van der Waals surface area (Å²) in [5.41, 5.74) is 0.219. The maximum Gasteiger partial charge on any atom is 0.257 e. The quantitative estimate of drug-likeness (QED) is 0.769. The van der Waals surface area contributed by atoms with Gasteiger partial charge in [-0.1, -0.05) is 6.42 Å². The third-order valence-corrected chi connectivity index (χ3v) is 3.47. The number of aromatic hydroxyl groups is 2. The summed E-state index contributed by atoms with van der Waals surface area (Å²) in [6, 6.07) is 4.35. The van der Waals surface area contributed by atoms with E-state index >= 15 is 0 Å². The maximum absolute atomic E-state index is 12.2. The van der Waals surface area contributed by atoms with E-state index in [0.717, 1.165) is 13.0 Å². The summed E-state index contributed by atoms with van der Waals surface area (Å²) in [6.45, 7) is 1.62. The number of phenols is 2. The molecule has 1 aromatic rings. The summed E-state index contributed by atoms with van der Waals surface area (Å²) in [5, 5.41) is 22.3. The largest absolute Gasteiger partial charge is 0.508 e. The Morgan fingerprint density at radius 2 is 2.21 bits per heavy atom. The van der Waals surface area contributed by atoms with Crippen LogP contribution in [-0.2, 0) is 0 Å². The van der Waals surface area contributed by atoms with Crippen molar-refractivity contribution in [3.05, 3.63) is 23.8 Å². The summed E-state index contributed by atoms with van der Waals surface area (Å²) in [7, 11) is 1.73. The Balaban J connectivity index is 2.01. The summed E-state index contributed by atoms with van der Waals surface area (Å²) < 4.78 is 0. The van der Waals surface area contributed by atoms with Crippen LogP contribution in [0.3, 0.4) is 0 Å². The van der Waals surface area contributed by atoms with E-state index in [2.05, 4.69) is 5.32 Å². The van der Waals surface area contributed by atoms with Crippen LogP contribution < -0.4 is 5.32 Å². The number of piperidine rings is 1. The molecule has 1 heterocycles. The van der Waals surface area contributed by atoms with Crippen molar-refractivity contribution in [1.29, 1.82) is 0 Å². The van der Waals surface area contributed by atoms with Gasteiger partial charge < -0.3 is 20.4 Å². The molecule has 19 heavy (non-hydrogen) atoms. The highest BCUT2D eigenvalue weighted by atomic mass is 16.3. The molecule has 1 amide bonds. The van der Waals surface area contributed by atoms with Gasteiger partial charge in [-0.05, 0) is 31.5 Å². The number of benzene rings is 1. The number of carbonyl (C=O) groups excluding carboxylic acids is 1. The van der Waals surface area contributed by atoms with Crippen LogP contribution in [0.2, 0.25) is 0 Å². The van der Waals surface area contributed by atoms with Gasteiger partial charge in [-0.2, -0.15) is 0 Å². The SMILES string of the molecule is CN(CC1CCCCN1)C(=O)c1ccc(O)cc1O. The molecule has 0 radical (unpaired) electrons. The van der Waals surface area contributed by atoms with Crippen LogP contribution in [0, 0.1) is 0 Å². The first-order valence-electron chi connectivity index (χ1n) is 6.59. The smallest absolute Gasteiger partial charge is 0.257 e. The van der Waals surface area contributed by atoms with Crippen molar-refractivity contribution in [2.24, 2.45) is 0 Å². The molecule has 104 valence electrons. The molecule has 0 saturated carbocycles. The van der Waals surface area contributed by atoms with E-state index in [0.29, 0.717) is 12.6 Å². The lowest BCUT2D eigenvalue weighted by Gasteiger charge is -2.28. The molecule has 1 atom stereocenters. The summed E-state index contributed by atoms with van der Waals surface area (Å²) >= 11 is 0. The minimum Gasteiger partial charge on any atom is -0.508 e. The van der Waals surface area contributed by atoms with Gasteiger partial charge >= 0.3 is 0 Å². The van der Waals surface area contributed by atoms with Crippen LogP contribution in [0.25, 0.3) is 0 Å². The average Bonchev–Trinajstić information content (AvgIpc) is 2.39. The zero-order valence-corrected chi connectivity index (χ0v) is 11.1. The Hall–Kier alpha value is -1.75. The molecule has 2 rings (SSSR count). The lowest BCUT2D eigenvalue weighted by molar-refractivity contribution is 0.0772. The molecule has 1 fully saturated rings. The summed E-state index contributed by atoms with van der Waals surface area (Å²) in [4.78, 5) is 13.8. The van der Waals surface area contributed by atoms with Gasteiger partial charge in [0.15, 0.2) is 0 Å². The fourth-order valence-corrected chi connectivity index (χ4v) is 2.40. The molecular formula is C14H20N2O3. The van der Waals surface area contributed by atoms with Gasteiger partial charge in [-0.3, -0.25) is 4.79 Å². The topological polar surface area (TPSA) is 72.8 Å². The molecule has 1 aliphatic heterocycles. The van der Waals surface area contributed by atoms with Crippen LogP contribution in [0.15, 0.2) is 18.2 Å². The van der Waals surface area contributed by atoms with Crippen molar-refractivity contribution in [2.75, 3.05) is 20.1 Å². The van der Waals surface area contributed by atoms with E-state index in [1.165, 1.54) is 31.0 Å². The predicted molar refractivity (Wildman–Crippen MR) is 72.4 cm³/mol. The van der Waals surface area contributed by atoms with Crippen LogP contribution >= 0.6 is 0 Å². The molecule has 0 spiro atoms. The van der Waals surface area contributed by atoms with Crippen molar-refractivity contribution in [3.63, 3.8) is 0 Å². The second kappa shape index (κ2) is 5.93. The molecule has 0 aliphatic carbocycles. The second-order valence-corrected chi connectivity index (χ2v) is 5.03. The molecule has 1 aliphatic rings. The number of nitrogens with zero attached hydrogens (tertiary/aromatic N) is 1. The molecule has 0 bridgehead atoms. The Kier molecular flexibility index (Phi) is 4.27. The highest BCUT2D eigenvalue weighted by Gasteiger charge is 2.20. The van der Waals surface area contributed by atoms with E-state index < -0.39 is 0 Å². The number of likely N-dealkylation sites (N-methyl/N-ethyl adjacent to an activating group) is 1. The van der Waals surface area contributed by atoms with E-state index in [1.54, 1.807) is 11.9 Å².